The van der Waals surface area contributed by atoms with Crippen LogP contribution in [0.4, 0.5) is 0 Å². The minimum Gasteiger partial charge on any atom is -0.404 e. The lowest BCUT2D eigenvalue weighted by atomic mass is 9.45. The van der Waals surface area contributed by atoms with E-state index in [9.17, 15) is 0 Å². The topological polar surface area (TPSA) is 44.5 Å². The highest BCUT2D eigenvalue weighted by Gasteiger charge is 2.67. The molecule has 5 atom stereocenters. The fourth-order valence-corrected chi connectivity index (χ4v) is 4.12. The summed E-state index contributed by atoms with van der Waals surface area (Å²) < 4.78 is 12.3. The number of nitrogens with two attached hydrogens (primary N) is 1. The molecule has 1 unspecified atom stereocenters. The van der Waals surface area contributed by atoms with E-state index in [4.69, 9.17) is 15.0 Å². The summed E-state index contributed by atoms with van der Waals surface area (Å²) in [5, 5.41) is 0. The molecule has 17 heavy (non-hydrogen) atoms. The lowest BCUT2D eigenvalue weighted by Crippen LogP contribution is -2.63. The molecule has 1 heterocycles. The Balaban J connectivity index is 1.81. The molecular formula is C13H24BNO2. The van der Waals surface area contributed by atoms with Crippen LogP contribution in [0.2, 0.25) is 0 Å². The zero-order valence-corrected chi connectivity index (χ0v) is 11.4. The van der Waals surface area contributed by atoms with Gasteiger partial charge in [-0.2, -0.15) is 0 Å². The van der Waals surface area contributed by atoms with Gasteiger partial charge < -0.3 is 15.0 Å². The Kier molecular flexibility index (Phi) is 2.46. The van der Waals surface area contributed by atoms with E-state index >= 15 is 0 Å². The molecule has 3 aliphatic carbocycles. The first-order chi connectivity index (χ1) is 7.88. The van der Waals surface area contributed by atoms with Crippen LogP contribution in [-0.4, -0.2) is 24.8 Å². The third-order valence-electron chi connectivity index (χ3n) is 5.65. The van der Waals surface area contributed by atoms with E-state index in [-0.39, 0.29) is 24.8 Å². The van der Waals surface area contributed by atoms with Crippen LogP contribution in [0.1, 0.15) is 47.0 Å². The second-order valence-electron chi connectivity index (χ2n) is 6.99. The first kappa shape index (κ1) is 12.0. The fraction of sp³-hybridized carbons (Fsp3) is 1.00. The molecule has 0 aromatic carbocycles. The average Bonchev–Trinajstić information content (AvgIpc) is 2.64. The summed E-state index contributed by atoms with van der Waals surface area (Å²) in [6.45, 7) is 9.06. The van der Waals surface area contributed by atoms with Gasteiger partial charge in [0.25, 0.3) is 0 Å². The SMILES string of the molecule is CC[C@@H](N)B1O[C@H]2[C@H]3CC(C[C@@]2(C)O1)C3(C)C. The molecule has 4 aliphatic rings. The van der Waals surface area contributed by atoms with Gasteiger partial charge in [-0.05, 0) is 43.4 Å². The lowest BCUT2D eigenvalue weighted by Gasteiger charge is -2.63. The highest BCUT2D eigenvalue weighted by atomic mass is 16.7. The Bertz CT molecular complexity index is 335. The van der Waals surface area contributed by atoms with E-state index in [2.05, 4.69) is 27.7 Å². The maximum Gasteiger partial charge on any atom is 0.475 e. The van der Waals surface area contributed by atoms with Gasteiger partial charge >= 0.3 is 7.12 Å². The normalized spacial score (nSPS) is 48.5. The molecule has 96 valence electrons. The van der Waals surface area contributed by atoms with Crippen LogP contribution in [0, 0.1) is 17.3 Å². The van der Waals surface area contributed by atoms with Gasteiger partial charge in [0.2, 0.25) is 0 Å². The van der Waals surface area contributed by atoms with E-state index in [1.165, 1.54) is 6.42 Å². The van der Waals surface area contributed by atoms with Gasteiger partial charge in [0, 0.05) is 5.94 Å². The Morgan fingerprint density at radius 2 is 2.12 bits per heavy atom. The molecule has 2 N–H and O–H groups in total. The van der Waals surface area contributed by atoms with Crippen LogP contribution in [0.5, 0.6) is 0 Å². The number of hydrogen-bond donors (Lipinski definition) is 1. The number of rotatable bonds is 2. The number of hydrogen-bond acceptors (Lipinski definition) is 3. The van der Waals surface area contributed by atoms with Crippen LogP contribution >= 0.6 is 0 Å². The van der Waals surface area contributed by atoms with Crippen molar-refractivity contribution >= 4 is 7.12 Å². The molecule has 0 amide bonds. The van der Waals surface area contributed by atoms with Crippen molar-refractivity contribution in [3.05, 3.63) is 0 Å². The monoisotopic (exact) mass is 237 g/mol. The predicted molar refractivity (Wildman–Crippen MR) is 68.4 cm³/mol. The summed E-state index contributed by atoms with van der Waals surface area (Å²) >= 11 is 0. The minimum atomic E-state index is -0.190. The molecule has 0 spiro atoms. The van der Waals surface area contributed by atoms with Gasteiger partial charge in [-0.1, -0.05) is 20.8 Å². The van der Waals surface area contributed by atoms with Gasteiger partial charge in [0.05, 0.1) is 11.7 Å². The molecule has 2 bridgehead atoms. The smallest absolute Gasteiger partial charge is 0.404 e. The quantitative estimate of drug-likeness (QED) is 0.747. The predicted octanol–water partition coefficient (Wildman–Crippen LogP) is 1.99. The zero-order valence-electron chi connectivity index (χ0n) is 11.4. The average molecular weight is 237 g/mol. The van der Waals surface area contributed by atoms with Crippen LogP contribution in [-0.2, 0) is 9.31 Å². The fourth-order valence-electron chi connectivity index (χ4n) is 4.12. The summed E-state index contributed by atoms with van der Waals surface area (Å²) in [5.41, 5.74) is 6.41. The summed E-state index contributed by atoms with van der Waals surface area (Å²) in [6.07, 6.45) is 3.61. The molecule has 4 fully saturated rings. The standard InChI is InChI=1S/C13H24BNO2/c1-5-10(15)14-16-11-9-6-8(12(9,2)3)7-13(11,4)17-14/h8-11H,5-7,15H2,1-4H3/t8?,9-,10-,11+,13-/m1/s1. The van der Waals surface area contributed by atoms with Crippen molar-refractivity contribution in [2.45, 2.75) is 64.6 Å². The second-order valence-corrected chi connectivity index (χ2v) is 6.99. The van der Waals surface area contributed by atoms with Crippen molar-refractivity contribution < 1.29 is 9.31 Å². The van der Waals surface area contributed by atoms with E-state index < -0.39 is 0 Å². The van der Waals surface area contributed by atoms with Gasteiger partial charge in [-0.25, -0.2) is 0 Å². The van der Waals surface area contributed by atoms with Crippen molar-refractivity contribution in [1.82, 2.24) is 0 Å². The van der Waals surface area contributed by atoms with Crippen LogP contribution < -0.4 is 5.73 Å². The molecule has 3 saturated carbocycles. The first-order valence-corrected chi connectivity index (χ1v) is 6.97. The Labute approximate surface area is 105 Å². The van der Waals surface area contributed by atoms with Gasteiger partial charge in [-0.15, -0.1) is 0 Å². The zero-order chi connectivity index (χ0) is 12.4. The molecule has 1 saturated heterocycles. The molecular weight excluding hydrogens is 213 g/mol. The summed E-state index contributed by atoms with van der Waals surface area (Å²) in [4.78, 5) is 0. The third kappa shape index (κ3) is 1.47. The van der Waals surface area contributed by atoms with Gasteiger partial charge in [0.1, 0.15) is 0 Å². The Morgan fingerprint density at radius 1 is 1.41 bits per heavy atom. The molecule has 3 nitrogen and oxygen atoms in total. The van der Waals surface area contributed by atoms with Crippen molar-refractivity contribution in [3.63, 3.8) is 0 Å². The minimum absolute atomic E-state index is 0.0118. The van der Waals surface area contributed by atoms with Crippen molar-refractivity contribution in [3.8, 4) is 0 Å². The highest BCUT2D eigenvalue weighted by Crippen LogP contribution is 2.64. The first-order valence-electron chi connectivity index (χ1n) is 6.97. The van der Waals surface area contributed by atoms with Gasteiger partial charge in [-0.3, -0.25) is 0 Å². The Morgan fingerprint density at radius 3 is 2.71 bits per heavy atom. The summed E-state index contributed by atoms with van der Waals surface area (Å²) in [5.74, 6) is 1.46. The van der Waals surface area contributed by atoms with E-state index in [0.717, 1.165) is 18.8 Å². The Hall–Kier alpha value is -0.0551. The van der Waals surface area contributed by atoms with E-state index in [1.54, 1.807) is 0 Å². The molecule has 1 aliphatic heterocycles. The third-order valence-corrected chi connectivity index (χ3v) is 5.65. The van der Waals surface area contributed by atoms with Crippen LogP contribution in [0.3, 0.4) is 0 Å². The summed E-state index contributed by atoms with van der Waals surface area (Å²) in [6, 6.07) is 0. The van der Waals surface area contributed by atoms with Crippen LogP contribution in [0.25, 0.3) is 0 Å². The summed E-state index contributed by atoms with van der Waals surface area (Å²) in [7, 11) is -0.190. The van der Waals surface area contributed by atoms with Crippen molar-refractivity contribution in [2.24, 2.45) is 23.0 Å². The van der Waals surface area contributed by atoms with Crippen molar-refractivity contribution in [2.75, 3.05) is 0 Å². The molecule has 0 radical (unpaired) electrons. The van der Waals surface area contributed by atoms with Crippen molar-refractivity contribution in [1.29, 1.82) is 0 Å². The van der Waals surface area contributed by atoms with Crippen LogP contribution in [0.15, 0.2) is 0 Å². The highest BCUT2D eigenvalue weighted by molar-refractivity contribution is 6.47. The molecule has 4 heteroatoms. The molecule has 4 rings (SSSR count). The maximum atomic E-state index is 6.16. The van der Waals surface area contributed by atoms with Gasteiger partial charge in [0.15, 0.2) is 0 Å². The molecule has 0 aromatic rings. The maximum absolute atomic E-state index is 6.16. The van der Waals surface area contributed by atoms with E-state index in [0.29, 0.717) is 11.3 Å². The molecule has 0 aromatic heterocycles. The lowest BCUT2D eigenvalue weighted by molar-refractivity contribution is -0.185. The largest absolute Gasteiger partial charge is 0.475 e. The van der Waals surface area contributed by atoms with E-state index in [1.807, 2.05) is 0 Å². The second kappa shape index (κ2) is 3.49.